The Morgan fingerprint density at radius 3 is 2.50 bits per heavy atom. The monoisotopic (exact) mass is 304 g/mol. The van der Waals surface area contributed by atoms with Gasteiger partial charge in [-0.15, -0.1) is 0 Å². The summed E-state index contributed by atoms with van der Waals surface area (Å²) in [5.74, 6) is -0.0307. The Morgan fingerprint density at radius 2 is 1.95 bits per heavy atom. The normalized spacial score (nSPS) is 21.7. The summed E-state index contributed by atoms with van der Waals surface area (Å²) in [6, 6.07) is -0.0916. The van der Waals surface area contributed by atoms with E-state index in [1.807, 2.05) is 0 Å². The molecule has 0 bridgehead atoms. The molecule has 0 aromatic carbocycles. The van der Waals surface area contributed by atoms with Crippen molar-refractivity contribution in [2.45, 2.75) is 57.7 Å². The first-order valence-electron chi connectivity index (χ1n) is 7.43. The number of sulfone groups is 1. The molecule has 0 unspecified atom stereocenters. The summed E-state index contributed by atoms with van der Waals surface area (Å²) < 4.78 is 23.2. The summed E-state index contributed by atoms with van der Waals surface area (Å²) in [7, 11) is -3.17. The number of carbonyl (C=O) groups is 1. The summed E-state index contributed by atoms with van der Waals surface area (Å²) in [6.45, 7) is 9.12. The van der Waals surface area contributed by atoms with Crippen molar-refractivity contribution in [3.8, 4) is 0 Å². The second kappa shape index (κ2) is 6.89. The quantitative estimate of drug-likeness (QED) is 0.828. The van der Waals surface area contributed by atoms with E-state index in [1.165, 1.54) is 0 Å². The van der Waals surface area contributed by atoms with Crippen molar-refractivity contribution in [3.05, 3.63) is 0 Å². The second-order valence-electron chi connectivity index (χ2n) is 6.36. The average Bonchev–Trinajstić information content (AvgIpc) is 2.37. The first-order chi connectivity index (χ1) is 9.19. The lowest BCUT2D eigenvalue weighted by molar-refractivity contribution is -0.127. The van der Waals surface area contributed by atoms with Gasteiger partial charge >= 0.3 is 0 Å². The molecule has 1 rings (SSSR count). The summed E-state index contributed by atoms with van der Waals surface area (Å²) in [5.41, 5.74) is 0. The Hall–Kier alpha value is -0.620. The highest BCUT2D eigenvalue weighted by Gasteiger charge is 2.30. The molecule has 1 saturated heterocycles. The van der Waals surface area contributed by atoms with E-state index in [0.29, 0.717) is 0 Å². The molecule has 6 heteroatoms. The third-order valence-corrected chi connectivity index (χ3v) is 6.53. The highest BCUT2D eigenvalue weighted by atomic mass is 32.2. The average molecular weight is 304 g/mol. The number of likely N-dealkylation sites (tertiary alicyclic amines) is 1. The molecule has 1 atom stereocenters. The lowest BCUT2D eigenvalue weighted by atomic mass is 10.0. The predicted molar refractivity (Wildman–Crippen MR) is 81.4 cm³/mol. The minimum Gasteiger partial charge on any atom is -0.354 e. The van der Waals surface area contributed by atoms with Gasteiger partial charge in [0, 0.05) is 6.54 Å². The van der Waals surface area contributed by atoms with Gasteiger partial charge in [0.2, 0.25) is 5.91 Å². The van der Waals surface area contributed by atoms with Crippen molar-refractivity contribution in [1.29, 1.82) is 0 Å². The van der Waals surface area contributed by atoms with Crippen molar-refractivity contribution in [2.24, 2.45) is 0 Å². The fraction of sp³-hybridized carbons (Fsp3) is 0.929. The molecule has 1 aliphatic rings. The molecule has 1 aliphatic heterocycles. The minimum atomic E-state index is -3.17. The van der Waals surface area contributed by atoms with Gasteiger partial charge in [0.1, 0.15) is 0 Å². The second-order valence-corrected chi connectivity index (χ2v) is 9.22. The van der Waals surface area contributed by atoms with Crippen LogP contribution < -0.4 is 5.32 Å². The standard InChI is InChI=1S/C14H28N2O3S/c1-5-16-10-7-6-8-12(16)13(17)15-9-11-20(18,19)14(2,3)4/h12H,5-11H2,1-4H3,(H,15,17)/t12-/m1/s1. The zero-order chi connectivity index (χ0) is 15.4. The molecule has 0 aromatic heterocycles. The number of hydrogen-bond acceptors (Lipinski definition) is 4. The van der Waals surface area contributed by atoms with Crippen molar-refractivity contribution in [2.75, 3.05) is 25.4 Å². The van der Waals surface area contributed by atoms with Crippen LogP contribution in [0.4, 0.5) is 0 Å². The lowest BCUT2D eigenvalue weighted by Gasteiger charge is -2.33. The van der Waals surface area contributed by atoms with Crippen molar-refractivity contribution < 1.29 is 13.2 Å². The predicted octanol–water partition coefficient (Wildman–Crippen LogP) is 1.19. The maximum absolute atomic E-state index is 12.2. The van der Waals surface area contributed by atoms with Crippen LogP contribution in [0.25, 0.3) is 0 Å². The van der Waals surface area contributed by atoms with Gasteiger partial charge in [0.05, 0.1) is 16.5 Å². The maximum atomic E-state index is 12.2. The van der Waals surface area contributed by atoms with Crippen LogP contribution in [0.5, 0.6) is 0 Å². The lowest BCUT2D eigenvalue weighted by Crippen LogP contribution is -2.50. The summed E-state index contributed by atoms with van der Waals surface area (Å²) in [4.78, 5) is 14.3. The van der Waals surface area contributed by atoms with Crippen LogP contribution in [0.3, 0.4) is 0 Å². The van der Waals surface area contributed by atoms with E-state index >= 15 is 0 Å². The van der Waals surface area contributed by atoms with E-state index < -0.39 is 14.6 Å². The van der Waals surface area contributed by atoms with Crippen LogP contribution in [0.15, 0.2) is 0 Å². The molecular formula is C14H28N2O3S. The molecule has 0 saturated carbocycles. The van der Waals surface area contributed by atoms with Gasteiger partial charge in [-0.2, -0.15) is 0 Å². The van der Waals surface area contributed by atoms with Crippen LogP contribution in [-0.4, -0.2) is 55.4 Å². The topological polar surface area (TPSA) is 66.5 Å². The van der Waals surface area contributed by atoms with Crippen LogP contribution in [0.2, 0.25) is 0 Å². The molecule has 20 heavy (non-hydrogen) atoms. The van der Waals surface area contributed by atoms with E-state index in [2.05, 4.69) is 17.1 Å². The van der Waals surface area contributed by atoms with Crippen molar-refractivity contribution in [3.63, 3.8) is 0 Å². The highest BCUT2D eigenvalue weighted by molar-refractivity contribution is 7.92. The summed E-state index contributed by atoms with van der Waals surface area (Å²) in [5, 5.41) is 2.79. The largest absolute Gasteiger partial charge is 0.354 e. The molecule has 118 valence electrons. The number of nitrogens with one attached hydrogen (secondary N) is 1. The third kappa shape index (κ3) is 4.45. The van der Waals surface area contributed by atoms with Crippen LogP contribution in [-0.2, 0) is 14.6 Å². The zero-order valence-corrected chi connectivity index (χ0v) is 13.9. The van der Waals surface area contributed by atoms with Gasteiger partial charge in [-0.3, -0.25) is 9.69 Å². The van der Waals surface area contributed by atoms with Gasteiger partial charge in [0.25, 0.3) is 0 Å². The molecular weight excluding hydrogens is 276 g/mol. The molecule has 1 amide bonds. The maximum Gasteiger partial charge on any atom is 0.237 e. The smallest absolute Gasteiger partial charge is 0.237 e. The van der Waals surface area contributed by atoms with Crippen LogP contribution >= 0.6 is 0 Å². The van der Waals surface area contributed by atoms with Crippen LogP contribution in [0.1, 0.15) is 47.0 Å². The number of carbonyl (C=O) groups excluding carboxylic acids is 1. The number of piperidine rings is 1. The minimum absolute atomic E-state index is 0.00108. The number of hydrogen-bond donors (Lipinski definition) is 1. The molecule has 1 heterocycles. The van der Waals surface area contributed by atoms with E-state index in [1.54, 1.807) is 20.8 Å². The van der Waals surface area contributed by atoms with Crippen molar-refractivity contribution >= 4 is 15.7 Å². The first-order valence-corrected chi connectivity index (χ1v) is 9.08. The SMILES string of the molecule is CCN1CCCC[C@@H]1C(=O)NCCS(=O)(=O)C(C)(C)C. The molecule has 1 fully saturated rings. The molecule has 0 spiro atoms. The highest BCUT2D eigenvalue weighted by Crippen LogP contribution is 2.17. The summed E-state index contributed by atoms with van der Waals surface area (Å²) in [6.07, 6.45) is 3.07. The molecule has 0 aromatic rings. The van der Waals surface area contributed by atoms with Gasteiger partial charge in [-0.05, 0) is 46.7 Å². The van der Waals surface area contributed by atoms with Gasteiger partial charge in [0.15, 0.2) is 9.84 Å². The summed E-state index contributed by atoms with van der Waals surface area (Å²) >= 11 is 0. The van der Waals surface area contributed by atoms with E-state index in [9.17, 15) is 13.2 Å². The molecule has 1 N–H and O–H groups in total. The Morgan fingerprint density at radius 1 is 1.30 bits per heavy atom. The first kappa shape index (κ1) is 17.4. The van der Waals surface area contributed by atoms with Gasteiger partial charge in [-0.25, -0.2) is 8.42 Å². The van der Waals surface area contributed by atoms with Gasteiger partial charge in [-0.1, -0.05) is 13.3 Å². The molecule has 5 nitrogen and oxygen atoms in total. The fourth-order valence-corrected chi connectivity index (χ4v) is 3.38. The number of rotatable bonds is 5. The Bertz CT molecular complexity index is 426. The number of amides is 1. The molecule has 0 radical (unpaired) electrons. The number of likely N-dealkylation sites (N-methyl/N-ethyl adjacent to an activating group) is 1. The van der Waals surface area contributed by atoms with E-state index in [0.717, 1.165) is 32.4 Å². The Labute approximate surface area is 123 Å². The fourth-order valence-electron chi connectivity index (χ4n) is 2.40. The zero-order valence-electron chi connectivity index (χ0n) is 13.1. The van der Waals surface area contributed by atoms with E-state index in [-0.39, 0.29) is 24.2 Å². The van der Waals surface area contributed by atoms with Crippen LogP contribution in [0, 0.1) is 0 Å². The van der Waals surface area contributed by atoms with Crippen molar-refractivity contribution in [1.82, 2.24) is 10.2 Å². The Balaban J connectivity index is 2.47. The van der Waals surface area contributed by atoms with E-state index in [4.69, 9.17) is 0 Å². The third-order valence-electron chi connectivity index (χ3n) is 3.93. The van der Waals surface area contributed by atoms with Gasteiger partial charge < -0.3 is 5.32 Å². The Kier molecular flexibility index (Phi) is 6.01. The number of nitrogens with zero attached hydrogens (tertiary/aromatic N) is 1. The molecule has 0 aliphatic carbocycles.